The highest BCUT2D eigenvalue weighted by atomic mass is 35.5. The fraction of sp³-hybridized carbons (Fsp3) is 0.308. The fourth-order valence-corrected chi connectivity index (χ4v) is 1.94. The van der Waals surface area contributed by atoms with E-state index in [-0.39, 0.29) is 34.7 Å². The molecule has 2 aromatic rings. The predicted molar refractivity (Wildman–Crippen MR) is 69.8 cm³/mol. The molecule has 1 aromatic heterocycles. The Morgan fingerprint density at radius 3 is 2.90 bits per heavy atom. The normalized spacial score (nSPS) is 12.3. The van der Waals surface area contributed by atoms with Gasteiger partial charge in [0, 0.05) is 17.9 Å². The van der Waals surface area contributed by atoms with Crippen LogP contribution in [0.25, 0.3) is 11.5 Å². The molecule has 1 aromatic carbocycles. The Balaban J connectivity index is 2.14. The van der Waals surface area contributed by atoms with Gasteiger partial charge >= 0.3 is 5.97 Å². The van der Waals surface area contributed by atoms with Crippen LogP contribution in [0.2, 0.25) is 5.02 Å². The van der Waals surface area contributed by atoms with Crippen LogP contribution >= 0.6 is 11.6 Å². The molecular formula is C13H12ClFN2O3. The van der Waals surface area contributed by atoms with E-state index in [9.17, 15) is 9.18 Å². The summed E-state index contributed by atoms with van der Waals surface area (Å²) in [5.74, 6) is -1.25. The molecule has 1 unspecified atom stereocenters. The number of rotatable bonds is 5. The lowest BCUT2D eigenvalue weighted by Gasteiger charge is -2.03. The minimum absolute atomic E-state index is 0.00696. The highest BCUT2D eigenvalue weighted by molar-refractivity contribution is 6.30. The van der Waals surface area contributed by atoms with E-state index in [1.807, 2.05) is 0 Å². The van der Waals surface area contributed by atoms with Crippen molar-refractivity contribution in [2.24, 2.45) is 5.92 Å². The first kappa shape index (κ1) is 14.5. The summed E-state index contributed by atoms with van der Waals surface area (Å²) in [4.78, 5) is 10.6. The van der Waals surface area contributed by atoms with Gasteiger partial charge in [-0.2, -0.15) is 0 Å². The van der Waals surface area contributed by atoms with Crippen LogP contribution < -0.4 is 0 Å². The lowest BCUT2D eigenvalue weighted by molar-refractivity contribution is -0.137. The summed E-state index contributed by atoms with van der Waals surface area (Å²) >= 11 is 5.66. The van der Waals surface area contributed by atoms with Crippen LogP contribution in [0, 0.1) is 11.7 Å². The van der Waals surface area contributed by atoms with Crippen LogP contribution in [0.1, 0.15) is 19.2 Å². The van der Waals surface area contributed by atoms with Crippen molar-refractivity contribution in [2.75, 3.05) is 0 Å². The summed E-state index contributed by atoms with van der Waals surface area (Å²) < 4.78 is 19.0. The molecule has 5 nitrogen and oxygen atoms in total. The largest absolute Gasteiger partial charge is 0.481 e. The van der Waals surface area contributed by atoms with E-state index in [1.54, 1.807) is 6.92 Å². The molecule has 0 saturated carbocycles. The van der Waals surface area contributed by atoms with Gasteiger partial charge < -0.3 is 9.52 Å². The second kappa shape index (κ2) is 6.00. The molecule has 7 heteroatoms. The average molecular weight is 299 g/mol. The third-order valence-electron chi connectivity index (χ3n) is 2.67. The number of carboxylic acids is 1. The molecule has 0 bridgehead atoms. The van der Waals surface area contributed by atoms with E-state index < -0.39 is 11.8 Å². The molecule has 1 N–H and O–H groups in total. The molecule has 1 atom stereocenters. The number of carboxylic acid groups (broad SMARTS) is 1. The molecule has 0 aliphatic carbocycles. The van der Waals surface area contributed by atoms with Crippen molar-refractivity contribution >= 4 is 17.6 Å². The molecule has 1 heterocycles. The number of carbonyl (C=O) groups is 1. The van der Waals surface area contributed by atoms with Gasteiger partial charge in [0.05, 0.1) is 5.56 Å². The van der Waals surface area contributed by atoms with E-state index in [1.165, 1.54) is 12.1 Å². The molecule has 0 fully saturated rings. The van der Waals surface area contributed by atoms with Crippen molar-refractivity contribution in [3.8, 4) is 11.5 Å². The van der Waals surface area contributed by atoms with Crippen molar-refractivity contribution < 1.29 is 18.7 Å². The zero-order valence-electron chi connectivity index (χ0n) is 10.6. The number of aromatic nitrogens is 2. The van der Waals surface area contributed by atoms with E-state index in [0.717, 1.165) is 6.07 Å². The van der Waals surface area contributed by atoms with Crippen LogP contribution in [-0.2, 0) is 11.2 Å². The van der Waals surface area contributed by atoms with Crippen molar-refractivity contribution in [1.29, 1.82) is 0 Å². The maximum Gasteiger partial charge on any atom is 0.303 e. The van der Waals surface area contributed by atoms with Gasteiger partial charge in [0.2, 0.25) is 5.89 Å². The predicted octanol–water partition coefficient (Wildman–Crippen LogP) is 3.18. The van der Waals surface area contributed by atoms with Crippen LogP contribution in [0.4, 0.5) is 4.39 Å². The molecule has 0 radical (unpaired) electrons. The molecular weight excluding hydrogens is 287 g/mol. The SMILES string of the molecule is CC(CC(=O)O)Cc1nnc(-c2ccc(Cl)cc2F)o1. The van der Waals surface area contributed by atoms with E-state index in [2.05, 4.69) is 10.2 Å². The number of aliphatic carboxylic acids is 1. The van der Waals surface area contributed by atoms with Gasteiger partial charge in [-0.3, -0.25) is 4.79 Å². The monoisotopic (exact) mass is 298 g/mol. The van der Waals surface area contributed by atoms with Gasteiger partial charge in [0.1, 0.15) is 5.82 Å². The maximum absolute atomic E-state index is 13.7. The molecule has 2 rings (SSSR count). The molecule has 0 amide bonds. The summed E-state index contributed by atoms with van der Waals surface area (Å²) in [5.41, 5.74) is 0.166. The molecule has 0 saturated heterocycles. The van der Waals surface area contributed by atoms with E-state index in [0.29, 0.717) is 6.42 Å². The molecule has 0 aliphatic rings. The summed E-state index contributed by atoms with van der Waals surface area (Å²) in [7, 11) is 0. The number of hydrogen-bond acceptors (Lipinski definition) is 4. The highest BCUT2D eigenvalue weighted by Gasteiger charge is 2.16. The minimum atomic E-state index is -0.888. The molecule has 0 aliphatic heterocycles. The van der Waals surface area contributed by atoms with Crippen LogP contribution in [0.3, 0.4) is 0 Å². The van der Waals surface area contributed by atoms with E-state index in [4.69, 9.17) is 21.1 Å². The lowest BCUT2D eigenvalue weighted by Crippen LogP contribution is -2.07. The Morgan fingerprint density at radius 2 is 2.25 bits per heavy atom. The standard InChI is InChI=1S/C13H12ClFN2O3/c1-7(5-12(18)19)4-11-16-17-13(20-11)9-3-2-8(14)6-10(9)15/h2-3,6-7H,4-5H2,1H3,(H,18,19). The Kier molecular flexibility index (Phi) is 4.34. The summed E-state index contributed by atoms with van der Waals surface area (Å²) in [6.45, 7) is 1.76. The van der Waals surface area contributed by atoms with Gasteiger partial charge in [0.25, 0.3) is 5.89 Å². The van der Waals surface area contributed by atoms with Crippen LogP contribution in [0.5, 0.6) is 0 Å². The van der Waals surface area contributed by atoms with Crippen molar-refractivity contribution in [3.63, 3.8) is 0 Å². The minimum Gasteiger partial charge on any atom is -0.481 e. The van der Waals surface area contributed by atoms with Gasteiger partial charge in [-0.25, -0.2) is 4.39 Å². The zero-order valence-corrected chi connectivity index (χ0v) is 11.4. The first-order valence-corrected chi connectivity index (χ1v) is 6.33. The number of halogens is 2. The Bertz CT molecular complexity index is 630. The Morgan fingerprint density at radius 1 is 1.50 bits per heavy atom. The quantitative estimate of drug-likeness (QED) is 0.917. The van der Waals surface area contributed by atoms with Gasteiger partial charge in [-0.1, -0.05) is 18.5 Å². The molecule has 20 heavy (non-hydrogen) atoms. The third kappa shape index (κ3) is 3.54. The zero-order chi connectivity index (χ0) is 14.7. The fourth-order valence-electron chi connectivity index (χ4n) is 1.78. The summed E-state index contributed by atoms with van der Waals surface area (Å²) in [6, 6.07) is 4.14. The Hall–Kier alpha value is -1.95. The van der Waals surface area contributed by atoms with Crippen LogP contribution in [0.15, 0.2) is 22.6 Å². The van der Waals surface area contributed by atoms with Crippen molar-refractivity contribution in [1.82, 2.24) is 10.2 Å². The van der Waals surface area contributed by atoms with Crippen LogP contribution in [-0.4, -0.2) is 21.3 Å². The number of nitrogens with zero attached hydrogens (tertiary/aromatic N) is 2. The second-order valence-corrected chi connectivity index (χ2v) is 4.97. The molecule has 106 valence electrons. The van der Waals surface area contributed by atoms with Gasteiger partial charge in [-0.15, -0.1) is 10.2 Å². The smallest absolute Gasteiger partial charge is 0.303 e. The van der Waals surface area contributed by atoms with Crippen molar-refractivity contribution in [2.45, 2.75) is 19.8 Å². The topological polar surface area (TPSA) is 76.2 Å². The summed E-state index contributed by atoms with van der Waals surface area (Å²) in [6.07, 6.45) is 0.335. The average Bonchev–Trinajstić information content (AvgIpc) is 2.75. The third-order valence-corrected chi connectivity index (χ3v) is 2.91. The highest BCUT2D eigenvalue weighted by Crippen LogP contribution is 2.25. The van der Waals surface area contributed by atoms with Gasteiger partial charge in [-0.05, 0) is 24.1 Å². The van der Waals surface area contributed by atoms with Gasteiger partial charge in [0.15, 0.2) is 0 Å². The number of benzene rings is 1. The summed E-state index contributed by atoms with van der Waals surface area (Å²) in [5, 5.41) is 16.5. The van der Waals surface area contributed by atoms with Crippen molar-refractivity contribution in [3.05, 3.63) is 34.9 Å². The Labute approximate surface area is 119 Å². The maximum atomic E-state index is 13.7. The van der Waals surface area contributed by atoms with E-state index >= 15 is 0 Å². The lowest BCUT2D eigenvalue weighted by atomic mass is 10.0. The second-order valence-electron chi connectivity index (χ2n) is 4.53. The number of hydrogen-bond donors (Lipinski definition) is 1. The first-order valence-electron chi connectivity index (χ1n) is 5.95. The molecule has 0 spiro atoms. The first-order chi connectivity index (χ1) is 9.45.